The number of nitrogens with zero attached hydrogens (tertiary/aromatic N) is 2. The van der Waals surface area contributed by atoms with E-state index in [1.54, 1.807) is 11.7 Å². The van der Waals surface area contributed by atoms with Crippen LogP contribution in [0.25, 0.3) is 11.3 Å². The average Bonchev–Trinajstić information content (AvgIpc) is 2.66. The number of imidazole rings is 1. The van der Waals surface area contributed by atoms with Gasteiger partial charge in [0.15, 0.2) is 0 Å². The number of hydrogen-bond acceptors (Lipinski definition) is 3. The Morgan fingerprint density at radius 3 is 2.71 bits per heavy atom. The molecule has 0 aliphatic rings. The van der Waals surface area contributed by atoms with Crippen molar-refractivity contribution >= 4 is 11.6 Å². The van der Waals surface area contributed by atoms with Gasteiger partial charge in [0.25, 0.3) is 0 Å². The third-order valence-corrected chi connectivity index (χ3v) is 3.10. The predicted molar refractivity (Wildman–Crippen MR) is 68.1 cm³/mol. The average molecular weight is 252 g/mol. The lowest BCUT2D eigenvalue weighted by Gasteiger charge is -2.05. The lowest BCUT2D eigenvalue weighted by molar-refractivity contribution is 0.416. The molecule has 1 aromatic heterocycles. The Hall–Kier alpha value is -1.52. The van der Waals surface area contributed by atoms with Crippen molar-refractivity contribution in [3.05, 3.63) is 35.2 Å². The first-order valence-electron chi connectivity index (χ1n) is 5.23. The van der Waals surface area contributed by atoms with Crippen molar-refractivity contribution in [1.82, 2.24) is 9.55 Å². The van der Waals surface area contributed by atoms with Gasteiger partial charge >= 0.3 is 0 Å². The fraction of sp³-hybridized carbons (Fsp3) is 0.250. The van der Waals surface area contributed by atoms with Crippen LogP contribution in [0.15, 0.2) is 24.3 Å². The first-order valence-corrected chi connectivity index (χ1v) is 5.61. The molecule has 17 heavy (non-hydrogen) atoms. The van der Waals surface area contributed by atoms with Crippen LogP contribution in [0.1, 0.15) is 5.82 Å². The van der Waals surface area contributed by atoms with Gasteiger partial charge in [-0.2, -0.15) is 0 Å². The lowest BCUT2D eigenvalue weighted by atomic mass is 10.1. The minimum atomic E-state index is 0.353. The predicted octanol–water partition coefficient (Wildman–Crippen LogP) is 2.21. The number of nitrogens with two attached hydrogens (primary N) is 1. The van der Waals surface area contributed by atoms with Crippen LogP contribution < -0.4 is 10.5 Å². The summed E-state index contributed by atoms with van der Waals surface area (Å²) in [6.07, 6.45) is 0. The summed E-state index contributed by atoms with van der Waals surface area (Å²) >= 11 is 6.25. The first kappa shape index (κ1) is 12.0. The molecule has 5 heteroatoms. The molecule has 2 N–H and O–H groups in total. The van der Waals surface area contributed by atoms with E-state index in [9.17, 15) is 0 Å². The Bertz CT molecular complexity index is 537. The Morgan fingerprint density at radius 1 is 1.41 bits per heavy atom. The molecule has 0 unspecified atom stereocenters. The van der Waals surface area contributed by atoms with Crippen LogP contribution in [-0.4, -0.2) is 16.7 Å². The summed E-state index contributed by atoms with van der Waals surface area (Å²) in [5.41, 5.74) is 7.18. The zero-order valence-electron chi connectivity index (χ0n) is 9.77. The Morgan fingerprint density at radius 2 is 2.12 bits per heavy atom. The highest BCUT2D eigenvalue weighted by Gasteiger charge is 2.16. The van der Waals surface area contributed by atoms with Crippen molar-refractivity contribution in [1.29, 1.82) is 0 Å². The maximum Gasteiger partial charge on any atom is 0.136 e. The number of rotatable bonds is 3. The number of benzene rings is 1. The van der Waals surface area contributed by atoms with Gasteiger partial charge in [0.1, 0.15) is 22.4 Å². The van der Waals surface area contributed by atoms with Crippen LogP contribution in [-0.2, 0) is 13.6 Å². The van der Waals surface area contributed by atoms with Crippen molar-refractivity contribution < 1.29 is 4.74 Å². The fourth-order valence-corrected chi connectivity index (χ4v) is 1.96. The maximum atomic E-state index is 6.25. The van der Waals surface area contributed by atoms with Crippen molar-refractivity contribution in [2.75, 3.05) is 7.11 Å². The van der Waals surface area contributed by atoms with Crippen LogP contribution >= 0.6 is 11.6 Å². The SMILES string of the molecule is COc1ccccc1-c1nc(CN)n(C)c1Cl. The molecular weight excluding hydrogens is 238 g/mol. The molecule has 2 rings (SSSR count). The van der Waals surface area contributed by atoms with Crippen molar-refractivity contribution in [3.63, 3.8) is 0 Å². The van der Waals surface area contributed by atoms with E-state index in [1.165, 1.54) is 0 Å². The summed E-state index contributed by atoms with van der Waals surface area (Å²) in [5, 5.41) is 0.565. The highest BCUT2D eigenvalue weighted by Crippen LogP contribution is 2.33. The van der Waals surface area contributed by atoms with Crippen LogP contribution in [0.4, 0.5) is 0 Å². The largest absolute Gasteiger partial charge is 0.496 e. The Labute approximate surface area is 105 Å². The molecule has 0 saturated heterocycles. The summed E-state index contributed by atoms with van der Waals surface area (Å²) in [5.74, 6) is 1.49. The van der Waals surface area contributed by atoms with Crippen LogP contribution in [0.3, 0.4) is 0 Å². The van der Waals surface area contributed by atoms with E-state index in [0.717, 1.165) is 17.1 Å². The number of para-hydroxylation sites is 1. The first-order chi connectivity index (χ1) is 8.19. The fourth-order valence-electron chi connectivity index (χ4n) is 1.72. The molecule has 2 aromatic rings. The van der Waals surface area contributed by atoms with Gasteiger partial charge in [-0.05, 0) is 12.1 Å². The molecule has 1 heterocycles. The number of halogens is 1. The summed E-state index contributed by atoms with van der Waals surface area (Å²) < 4.78 is 7.08. The second-order valence-electron chi connectivity index (χ2n) is 3.63. The lowest BCUT2D eigenvalue weighted by Crippen LogP contribution is -2.04. The monoisotopic (exact) mass is 251 g/mol. The van der Waals surface area contributed by atoms with Gasteiger partial charge in [0, 0.05) is 12.6 Å². The molecule has 0 aliphatic carbocycles. The Kier molecular flexibility index (Phi) is 3.36. The summed E-state index contributed by atoms with van der Waals surface area (Å²) in [7, 11) is 3.47. The number of ether oxygens (including phenoxy) is 1. The second-order valence-corrected chi connectivity index (χ2v) is 3.99. The molecule has 0 atom stereocenters. The van der Waals surface area contributed by atoms with Crippen molar-refractivity contribution in [2.24, 2.45) is 12.8 Å². The van der Waals surface area contributed by atoms with E-state index < -0.39 is 0 Å². The molecule has 0 fully saturated rings. The van der Waals surface area contributed by atoms with Gasteiger partial charge in [0.05, 0.1) is 13.7 Å². The molecule has 0 saturated carbocycles. The normalized spacial score (nSPS) is 10.6. The minimum absolute atomic E-state index is 0.353. The highest BCUT2D eigenvalue weighted by molar-refractivity contribution is 6.32. The van der Waals surface area contributed by atoms with Gasteiger partial charge in [-0.3, -0.25) is 0 Å². The van der Waals surface area contributed by atoms with Gasteiger partial charge < -0.3 is 15.0 Å². The van der Waals surface area contributed by atoms with E-state index >= 15 is 0 Å². The van der Waals surface area contributed by atoms with E-state index in [1.807, 2.05) is 31.3 Å². The molecule has 0 aliphatic heterocycles. The van der Waals surface area contributed by atoms with E-state index in [4.69, 9.17) is 22.1 Å². The number of aromatic nitrogens is 2. The highest BCUT2D eigenvalue weighted by atomic mass is 35.5. The number of hydrogen-bond donors (Lipinski definition) is 1. The smallest absolute Gasteiger partial charge is 0.136 e. The van der Waals surface area contributed by atoms with Gasteiger partial charge in [-0.15, -0.1) is 0 Å². The van der Waals surface area contributed by atoms with Crippen LogP contribution in [0, 0.1) is 0 Å². The van der Waals surface area contributed by atoms with E-state index in [-0.39, 0.29) is 0 Å². The summed E-state index contributed by atoms with van der Waals surface area (Å²) in [4.78, 5) is 4.43. The molecule has 1 aromatic carbocycles. The third-order valence-electron chi connectivity index (χ3n) is 2.66. The second kappa shape index (κ2) is 4.77. The zero-order valence-corrected chi connectivity index (χ0v) is 10.5. The standard InChI is InChI=1S/C12H14ClN3O/c1-16-10(7-14)15-11(12(16)13)8-5-3-4-6-9(8)17-2/h3-6H,7,14H2,1-2H3. The van der Waals surface area contributed by atoms with E-state index in [0.29, 0.717) is 17.4 Å². The van der Waals surface area contributed by atoms with Crippen molar-refractivity contribution in [2.45, 2.75) is 6.54 Å². The quantitative estimate of drug-likeness (QED) is 0.910. The molecule has 4 nitrogen and oxygen atoms in total. The van der Waals surface area contributed by atoms with Crippen LogP contribution in [0.5, 0.6) is 5.75 Å². The topological polar surface area (TPSA) is 53.1 Å². The van der Waals surface area contributed by atoms with Crippen molar-refractivity contribution in [3.8, 4) is 17.0 Å². The van der Waals surface area contributed by atoms with Gasteiger partial charge in [-0.1, -0.05) is 23.7 Å². The Balaban J connectivity index is 2.60. The molecule has 0 bridgehead atoms. The zero-order chi connectivity index (χ0) is 12.4. The maximum absolute atomic E-state index is 6.25. The minimum Gasteiger partial charge on any atom is -0.496 e. The molecule has 0 radical (unpaired) electrons. The molecule has 0 spiro atoms. The molecule has 90 valence electrons. The molecule has 0 amide bonds. The van der Waals surface area contributed by atoms with Gasteiger partial charge in [-0.25, -0.2) is 4.98 Å². The summed E-state index contributed by atoms with van der Waals surface area (Å²) in [6.45, 7) is 0.353. The number of methoxy groups -OCH3 is 1. The van der Waals surface area contributed by atoms with Crippen LogP contribution in [0.2, 0.25) is 5.15 Å². The molecular formula is C12H14ClN3O. The third kappa shape index (κ3) is 2.01. The summed E-state index contributed by atoms with van der Waals surface area (Å²) in [6, 6.07) is 7.63. The van der Waals surface area contributed by atoms with E-state index in [2.05, 4.69) is 4.98 Å². The van der Waals surface area contributed by atoms with Gasteiger partial charge in [0.2, 0.25) is 0 Å².